The molecular formula is C19H27BrN2O5. The van der Waals surface area contributed by atoms with E-state index < -0.39 is 5.60 Å². The lowest BCUT2D eigenvalue weighted by molar-refractivity contribution is 0.00188. The normalized spacial score (nSPS) is 17.5. The molecule has 1 fully saturated rings. The van der Waals surface area contributed by atoms with Gasteiger partial charge in [-0.2, -0.15) is 0 Å². The highest BCUT2D eigenvalue weighted by atomic mass is 79.9. The minimum atomic E-state index is -0.554. The molecule has 0 radical (unpaired) electrons. The van der Waals surface area contributed by atoms with Gasteiger partial charge in [0.2, 0.25) is 0 Å². The Morgan fingerprint density at radius 1 is 1.11 bits per heavy atom. The zero-order chi connectivity index (χ0) is 20.4. The van der Waals surface area contributed by atoms with Crippen molar-refractivity contribution in [1.82, 2.24) is 9.80 Å². The molecule has 1 unspecified atom stereocenters. The number of piperazine rings is 1. The van der Waals surface area contributed by atoms with Crippen LogP contribution in [0.1, 0.15) is 38.1 Å². The highest BCUT2D eigenvalue weighted by Gasteiger charge is 2.34. The number of hydrogen-bond acceptors (Lipinski definition) is 5. The molecule has 1 saturated heterocycles. The molecule has 2 amide bonds. The third kappa shape index (κ3) is 5.06. The van der Waals surface area contributed by atoms with E-state index in [2.05, 4.69) is 15.9 Å². The van der Waals surface area contributed by atoms with Gasteiger partial charge in [0.15, 0.2) is 0 Å². The number of carbonyl (C=O) groups excluding carboxylic acids is 2. The van der Waals surface area contributed by atoms with Gasteiger partial charge < -0.3 is 24.0 Å². The largest absolute Gasteiger partial charge is 0.496 e. The van der Waals surface area contributed by atoms with Gasteiger partial charge in [-0.15, -0.1) is 0 Å². The van der Waals surface area contributed by atoms with E-state index in [9.17, 15) is 9.59 Å². The van der Waals surface area contributed by atoms with Gasteiger partial charge in [-0.3, -0.25) is 4.79 Å². The Labute approximate surface area is 168 Å². The van der Waals surface area contributed by atoms with Crippen LogP contribution in [-0.2, 0) is 4.74 Å². The number of carbonyl (C=O) groups is 2. The number of nitrogens with zero attached hydrogens (tertiary/aromatic N) is 2. The smallest absolute Gasteiger partial charge is 0.410 e. The predicted molar refractivity (Wildman–Crippen MR) is 106 cm³/mol. The minimum absolute atomic E-state index is 0.162. The standard InChI is InChI=1S/C19H27BrN2O5/c1-12-11-21(7-8-22(12)18(24)27-19(2,3)4)17(23)16-14(25-5)9-13(20)10-15(16)26-6/h9-10,12H,7-8,11H2,1-6H3. The molecule has 27 heavy (non-hydrogen) atoms. The van der Waals surface area contributed by atoms with Crippen LogP contribution in [0.5, 0.6) is 11.5 Å². The van der Waals surface area contributed by atoms with E-state index in [1.165, 1.54) is 14.2 Å². The Morgan fingerprint density at radius 3 is 2.11 bits per heavy atom. The summed E-state index contributed by atoms with van der Waals surface area (Å²) in [5, 5.41) is 0. The highest BCUT2D eigenvalue weighted by molar-refractivity contribution is 9.10. The average Bonchev–Trinajstić information content (AvgIpc) is 2.58. The summed E-state index contributed by atoms with van der Waals surface area (Å²) in [5.74, 6) is 0.689. The van der Waals surface area contributed by atoms with Crippen molar-refractivity contribution in [3.8, 4) is 11.5 Å². The van der Waals surface area contributed by atoms with E-state index in [4.69, 9.17) is 14.2 Å². The number of methoxy groups -OCH3 is 2. The molecular weight excluding hydrogens is 416 g/mol. The maximum absolute atomic E-state index is 13.1. The van der Waals surface area contributed by atoms with Crippen LogP contribution < -0.4 is 9.47 Å². The second-order valence-electron chi connectivity index (χ2n) is 7.46. The van der Waals surface area contributed by atoms with E-state index in [0.29, 0.717) is 36.7 Å². The maximum atomic E-state index is 13.1. The van der Waals surface area contributed by atoms with Gasteiger partial charge in [-0.05, 0) is 39.8 Å². The van der Waals surface area contributed by atoms with Crippen molar-refractivity contribution < 1.29 is 23.8 Å². The topological polar surface area (TPSA) is 68.3 Å². The van der Waals surface area contributed by atoms with E-state index in [1.54, 1.807) is 21.9 Å². The molecule has 0 aliphatic carbocycles. The maximum Gasteiger partial charge on any atom is 0.410 e. The van der Waals surface area contributed by atoms with Crippen LogP contribution in [0.15, 0.2) is 16.6 Å². The van der Waals surface area contributed by atoms with E-state index in [1.807, 2.05) is 27.7 Å². The third-order valence-electron chi connectivity index (χ3n) is 4.23. The van der Waals surface area contributed by atoms with Crippen molar-refractivity contribution in [2.75, 3.05) is 33.9 Å². The van der Waals surface area contributed by atoms with Crippen LogP contribution in [0, 0.1) is 0 Å². The van der Waals surface area contributed by atoms with E-state index in [0.717, 1.165) is 4.47 Å². The van der Waals surface area contributed by atoms with Gasteiger partial charge in [-0.1, -0.05) is 15.9 Å². The van der Waals surface area contributed by atoms with Crippen LogP contribution in [0.25, 0.3) is 0 Å². The Hall–Kier alpha value is -1.96. The van der Waals surface area contributed by atoms with Crippen molar-refractivity contribution >= 4 is 27.9 Å². The molecule has 1 aliphatic heterocycles. The molecule has 1 atom stereocenters. The molecule has 0 aromatic heterocycles. The van der Waals surface area contributed by atoms with Gasteiger partial charge in [0.25, 0.3) is 5.91 Å². The molecule has 1 aliphatic rings. The molecule has 8 heteroatoms. The molecule has 2 rings (SSSR count). The summed E-state index contributed by atoms with van der Waals surface area (Å²) in [6.07, 6.45) is -0.360. The fourth-order valence-corrected chi connectivity index (χ4v) is 3.40. The Kier molecular flexibility index (Phi) is 6.62. The fraction of sp³-hybridized carbons (Fsp3) is 0.579. The quantitative estimate of drug-likeness (QED) is 0.715. The first kappa shape index (κ1) is 21.3. The van der Waals surface area contributed by atoms with Crippen molar-refractivity contribution in [2.45, 2.75) is 39.3 Å². The Morgan fingerprint density at radius 2 is 1.67 bits per heavy atom. The molecule has 1 aromatic rings. The molecule has 0 N–H and O–H groups in total. The first-order chi connectivity index (χ1) is 12.6. The number of hydrogen-bond donors (Lipinski definition) is 0. The zero-order valence-corrected chi connectivity index (χ0v) is 18.3. The van der Waals surface area contributed by atoms with Gasteiger partial charge >= 0.3 is 6.09 Å². The summed E-state index contributed by atoms with van der Waals surface area (Å²) in [7, 11) is 3.03. The second-order valence-corrected chi connectivity index (χ2v) is 8.37. The number of amides is 2. The lowest BCUT2D eigenvalue weighted by Gasteiger charge is -2.40. The second kappa shape index (κ2) is 8.37. The number of benzene rings is 1. The highest BCUT2D eigenvalue weighted by Crippen LogP contribution is 2.34. The lowest BCUT2D eigenvalue weighted by Crippen LogP contribution is -2.56. The van der Waals surface area contributed by atoms with Crippen molar-refractivity contribution in [3.63, 3.8) is 0 Å². The Bertz CT molecular complexity index is 692. The summed E-state index contributed by atoms with van der Waals surface area (Å²) in [5.41, 5.74) is -0.178. The first-order valence-electron chi connectivity index (χ1n) is 8.77. The van der Waals surface area contributed by atoms with Crippen LogP contribution in [0.2, 0.25) is 0 Å². The summed E-state index contributed by atoms with van der Waals surface area (Å²) >= 11 is 3.39. The molecule has 1 heterocycles. The van der Waals surface area contributed by atoms with Crippen LogP contribution >= 0.6 is 15.9 Å². The van der Waals surface area contributed by atoms with Crippen molar-refractivity contribution in [2.24, 2.45) is 0 Å². The molecule has 1 aromatic carbocycles. The Balaban J connectivity index is 2.18. The molecule has 7 nitrogen and oxygen atoms in total. The summed E-state index contributed by atoms with van der Waals surface area (Å²) in [6, 6.07) is 3.30. The summed E-state index contributed by atoms with van der Waals surface area (Å²) < 4.78 is 17.0. The van der Waals surface area contributed by atoms with Gasteiger partial charge in [0.1, 0.15) is 22.7 Å². The van der Waals surface area contributed by atoms with Crippen LogP contribution in [0.3, 0.4) is 0 Å². The molecule has 0 saturated carbocycles. The summed E-state index contributed by atoms with van der Waals surface area (Å²) in [6.45, 7) is 8.62. The molecule has 0 spiro atoms. The summed E-state index contributed by atoms with van der Waals surface area (Å²) in [4.78, 5) is 28.9. The van der Waals surface area contributed by atoms with Crippen molar-refractivity contribution in [3.05, 3.63) is 22.2 Å². The van der Waals surface area contributed by atoms with Gasteiger partial charge in [0.05, 0.1) is 14.2 Å². The first-order valence-corrected chi connectivity index (χ1v) is 9.57. The monoisotopic (exact) mass is 442 g/mol. The molecule has 0 bridgehead atoms. The SMILES string of the molecule is COc1cc(Br)cc(OC)c1C(=O)N1CCN(C(=O)OC(C)(C)C)C(C)C1. The van der Waals surface area contributed by atoms with Crippen LogP contribution in [-0.4, -0.2) is 67.3 Å². The van der Waals surface area contributed by atoms with Crippen LogP contribution in [0.4, 0.5) is 4.79 Å². The van der Waals surface area contributed by atoms with Crippen molar-refractivity contribution in [1.29, 1.82) is 0 Å². The number of rotatable bonds is 3. The fourth-order valence-electron chi connectivity index (χ4n) is 2.98. The molecule has 150 valence electrons. The number of ether oxygens (including phenoxy) is 3. The average molecular weight is 443 g/mol. The number of halogens is 1. The van der Waals surface area contributed by atoms with Gasteiger partial charge in [-0.25, -0.2) is 4.79 Å². The van der Waals surface area contributed by atoms with E-state index in [-0.39, 0.29) is 18.0 Å². The minimum Gasteiger partial charge on any atom is -0.496 e. The lowest BCUT2D eigenvalue weighted by atomic mass is 10.1. The van der Waals surface area contributed by atoms with E-state index >= 15 is 0 Å². The van der Waals surface area contributed by atoms with Gasteiger partial charge in [0, 0.05) is 30.1 Å². The predicted octanol–water partition coefficient (Wildman–Crippen LogP) is 3.55. The zero-order valence-electron chi connectivity index (χ0n) is 16.7. The third-order valence-corrected chi connectivity index (χ3v) is 4.69.